The lowest BCUT2D eigenvalue weighted by atomic mass is 10.2. The molecule has 128 valence electrons. The number of ether oxygens (including phenoxy) is 1. The van der Waals surface area contributed by atoms with E-state index in [1.807, 2.05) is 42.3 Å². The number of halogens is 1. The Balaban J connectivity index is 1.80. The number of phenolic OH excluding ortho intramolecular Hbond substituents is 1. The molecule has 2 rings (SSSR count). The minimum absolute atomic E-state index is 0.349. The van der Waals surface area contributed by atoms with Crippen molar-refractivity contribution < 1.29 is 14.2 Å². The number of phenols is 1. The maximum absolute atomic E-state index is 13.3. The van der Waals surface area contributed by atoms with Crippen LogP contribution in [0.4, 0.5) is 4.39 Å². The van der Waals surface area contributed by atoms with Crippen LogP contribution < -0.4 is 10.1 Å². The third-order valence-electron chi connectivity index (χ3n) is 3.47. The predicted octanol–water partition coefficient (Wildman–Crippen LogP) is 2.62. The molecule has 0 unspecified atom stereocenters. The number of guanidine groups is 1. The Kier molecular flexibility index (Phi) is 6.42. The molecule has 2 N–H and O–H groups in total. The number of rotatable bonds is 6. The smallest absolute Gasteiger partial charge is 0.193 e. The summed E-state index contributed by atoms with van der Waals surface area (Å²) in [4.78, 5) is 6.13. The monoisotopic (exact) mass is 331 g/mol. The second-order valence-electron chi connectivity index (χ2n) is 5.27. The van der Waals surface area contributed by atoms with Gasteiger partial charge in [0, 0.05) is 20.6 Å². The summed E-state index contributed by atoms with van der Waals surface area (Å²) in [5.41, 5.74) is 0.723. The highest BCUT2D eigenvalue weighted by Gasteiger charge is 2.07. The van der Waals surface area contributed by atoms with Gasteiger partial charge in [-0.05, 0) is 29.8 Å². The van der Waals surface area contributed by atoms with Crippen molar-refractivity contribution in [2.75, 3.05) is 27.2 Å². The number of para-hydroxylation sites is 1. The van der Waals surface area contributed by atoms with Gasteiger partial charge in [-0.15, -0.1) is 0 Å². The van der Waals surface area contributed by atoms with Crippen LogP contribution in [-0.4, -0.2) is 43.2 Å². The molecule has 0 saturated heterocycles. The maximum Gasteiger partial charge on any atom is 0.193 e. The van der Waals surface area contributed by atoms with Crippen molar-refractivity contribution in [1.82, 2.24) is 10.2 Å². The molecule has 0 spiro atoms. The number of aliphatic imine (C=N–C) groups is 1. The SMILES string of the molecule is CN=C(NCc1ccc(O)c(F)c1)N(C)CCOc1ccccc1. The molecular formula is C18H22FN3O2. The van der Waals surface area contributed by atoms with Crippen LogP contribution in [0.15, 0.2) is 53.5 Å². The largest absolute Gasteiger partial charge is 0.505 e. The second-order valence-corrected chi connectivity index (χ2v) is 5.27. The van der Waals surface area contributed by atoms with E-state index in [2.05, 4.69) is 10.3 Å². The van der Waals surface area contributed by atoms with Gasteiger partial charge in [-0.3, -0.25) is 4.99 Å². The fourth-order valence-corrected chi connectivity index (χ4v) is 2.15. The number of benzene rings is 2. The summed E-state index contributed by atoms with van der Waals surface area (Å²) >= 11 is 0. The molecule has 24 heavy (non-hydrogen) atoms. The number of nitrogens with zero attached hydrogens (tertiary/aromatic N) is 2. The quantitative estimate of drug-likeness (QED) is 0.631. The van der Waals surface area contributed by atoms with Gasteiger partial charge >= 0.3 is 0 Å². The number of likely N-dealkylation sites (N-methyl/N-ethyl adjacent to an activating group) is 1. The Labute approximate surface area is 141 Å². The van der Waals surface area contributed by atoms with Crippen molar-refractivity contribution >= 4 is 5.96 Å². The number of nitrogens with one attached hydrogen (secondary N) is 1. The lowest BCUT2D eigenvalue weighted by molar-refractivity contribution is 0.281. The van der Waals surface area contributed by atoms with E-state index in [1.54, 1.807) is 13.1 Å². The lowest BCUT2D eigenvalue weighted by Crippen LogP contribution is -2.40. The van der Waals surface area contributed by atoms with Crippen LogP contribution in [0, 0.1) is 5.82 Å². The zero-order chi connectivity index (χ0) is 17.4. The van der Waals surface area contributed by atoms with E-state index in [-0.39, 0.29) is 5.75 Å². The first kappa shape index (κ1) is 17.6. The van der Waals surface area contributed by atoms with Crippen LogP contribution in [0.5, 0.6) is 11.5 Å². The molecule has 0 aliphatic rings. The number of hydrogen-bond acceptors (Lipinski definition) is 3. The van der Waals surface area contributed by atoms with E-state index in [1.165, 1.54) is 12.1 Å². The summed E-state index contributed by atoms with van der Waals surface area (Å²) in [6.07, 6.45) is 0. The summed E-state index contributed by atoms with van der Waals surface area (Å²) in [6.45, 7) is 1.58. The van der Waals surface area contributed by atoms with Crippen molar-refractivity contribution in [3.05, 3.63) is 59.9 Å². The van der Waals surface area contributed by atoms with E-state index in [0.29, 0.717) is 25.7 Å². The van der Waals surface area contributed by atoms with Crippen LogP contribution in [0.3, 0.4) is 0 Å². The first-order valence-corrected chi connectivity index (χ1v) is 7.67. The topological polar surface area (TPSA) is 57.1 Å². The lowest BCUT2D eigenvalue weighted by Gasteiger charge is -2.22. The Bertz CT molecular complexity index is 677. The molecule has 0 aliphatic heterocycles. The van der Waals surface area contributed by atoms with Gasteiger partial charge in [0.1, 0.15) is 12.4 Å². The van der Waals surface area contributed by atoms with Gasteiger partial charge in [-0.2, -0.15) is 0 Å². The van der Waals surface area contributed by atoms with Crippen molar-refractivity contribution in [3.8, 4) is 11.5 Å². The Hall–Kier alpha value is -2.76. The zero-order valence-electron chi connectivity index (χ0n) is 13.9. The van der Waals surface area contributed by atoms with Gasteiger partial charge in [0.2, 0.25) is 0 Å². The molecule has 2 aromatic rings. The Morgan fingerprint density at radius 1 is 1.25 bits per heavy atom. The highest BCUT2D eigenvalue weighted by atomic mass is 19.1. The molecule has 0 radical (unpaired) electrons. The number of hydrogen-bond donors (Lipinski definition) is 2. The van der Waals surface area contributed by atoms with Gasteiger partial charge < -0.3 is 20.1 Å². The third-order valence-corrected chi connectivity index (χ3v) is 3.47. The highest BCUT2D eigenvalue weighted by Crippen LogP contribution is 2.16. The average molecular weight is 331 g/mol. The maximum atomic E-state index is 13.3. The van der Waals surface area contributed by atoms with E-state index in [4.69, 9.17) is 4.74 Å². The Morgan fingerprint density at radius 3 is 2.67 bits per heavy atom. The van der Waals surface area contributed by atoms with Gasteiger partial charge in [0.15, 0.2) is 17.5 Å². The van der Waals surface area contributed by atoms with Crippen molar-refractivity contribution in [3.63, 3.8) is 0 Å². The minimum atomic E-state index is -0.631. The third kappa shape index (κ3) is 5.15. The molecule has 2 aromatic carbocycles. The molecule has 0 saturated carbocycles. The molecule has 6 heteroatoms. The molecule has 0 amide bonds. The van der Waals surface area contributed by atoms with Gasteiger partial charge in [0.25, 0.3) is 0 Å². The molecule has 0 heterocycles. The summed E-state index contributed by atoms with van der Waals surface area (Å²) in [5.74, 6) is 0.528. The molecule has 5 nitrogen and oxygen atoms in total. The zero-order valence-corrected chi connectivity index (χ0v) is 13.9. The molecule has 0 fully saturated rings. The molecule has 0 aliphatic carbocycles. The standard InChI is InChI=1S/C18H22FN3O2/c1-20-18(21-13-14-8-9-17(23)16(19)12-14)22(2)10-11-24-15-6-4-3-5-7-15/h3-9,12,23H,10-11,13H2,1-2H3,(H,20,21). The van der Waals surface area contributed by atoms with Crippen LogP contribution in [0.1, 0.15) is 5.56 Å². The van der Waals surface area contributed by atoms with Crippen molar-refractivity contribution in [2.24, 2.45) is 4.99 Å². The fraction of sp³-hybridized carbons (Fsp3) is 0.278. The summed E-state index contributed by atoms with van der Waals surface area (Å²) < 4.78 is 19.0. The summed E-state index contributed by atoms with van der Waals surface area (Å²) in [5, 5.41) is 12.4. The molecule has 0 aromatic heterocycles. The van der Waals surface area contributed by atoms with Crippen LogP contribution in [0.25, 0.3) is 0 Å². The molecule has 0 bridgehead atoms. The van der Waals surface area contributed by atoms with Gasteiger partial charge in [0.05, 0.1) is 6.54 Å². The summed E-state index contributed by atoms with van der Waals surface area (Å²) in [6, 6.07) is 13.9. The van der Waals surface area contributed by atoms with Crippen LogP contribution in [-0.2, 0) is 6.54 Å². The average Bonchev–Trinajstić information content (AvgIpc) is 2.59. The van der Waals surface area contributed by atoms with Gasteiger partial charge in [-0.25, -0.2) is 4.39 Å². The fourth-order valence-electron chi connectivity index (χ4n) is 2.15. The van der Waals surface area contributed by atoms with E-state index in [0.717, 1.165) is 11.3 Å². The van der Waals surface area contributed by atoms with Crippen LogP contribution >= 0.6 is 0 Å². The minimum Gasteiger partial charge on any atom is -0.505 e. The number of aromatic hydroxyl groups is 1. The normalized spacial score (nSPS) is 11.2. The van der Waals surface area contributed by atoms with Crippen molar-refractivity contribution in [1.29, 1.82) is 0 Å². The first-order valence-electron chi connectivity index (χ1n) is 7.67. The van der Waals surface area contributed by atoms with E-state index in [9.17, 15) is 9.50 Å². The van der Waals surface area contributed by atoms with E-state index < -0.39 is 5.82 Å². The second kappa shape index (κ2) is 8.76. The highest BCUT2D eigenvalue weighted by molar-refractivity contribution is 5.79. The molecule has 0 atom stereocenters. The van der Waals surface area contributed by atoms with Crippen LogP contribution in [0.2, 0.25) is 0 Å². The predicted molar refractivity (Wildman–Crippen MR) is 92.8 cm³/mol. The van der Waals surface area contributed by atoms with Gasteiger partial charge in [-0.1, -0.05) is 24.3 Å². The Morgan fingerprint density at radius 2 is 2.00 bits per heavy atom. The summed E-state index contributed by atoms with van der Waals surface area (Å²) in [7, 11) is 3.59. The van der Waals surface area contributed by atoms with Crippen molar-refractivity contribution in [2.45, 2.75) is 6.54 Å². The van der Waals surface area contributed by atoms with E-state index >= 15 is 0 Å². The first-order chi connectivity index (χ1) is 11.6. The molecular weight excluding hydrogens is 309 g/mol.